The average Bonchev–Trinajstić information content (AvgIpc) is 2.33. The highest BCUT2D eigenvalue weighted by molar-refractivity contribution is 4.83. The summed E-state index contributed by atoms with van der Waals surface area (Å²) in [6.45, 7) is 6.73. The van der Waals surface area contributed by atoms with Crippen molar-refractivity contribution in [3.05, 3.63) is 0 Å². The number of nitrogens with zero attached hydrogens (tertiary/aromatic N) is 1. The SMILES string of the molecule is CCN1CCC[C@H]1[C@H](C)N. The molecule has 0 bridgehead atoms. The smallest absolute Gasteiger partial charge is 0.0244 e. The van der Waals surface area contributed by atoms with Gasteiger partial charge in [-0.25, -0.2) is 0 Å². The van der Waals surface area contributed by atoms with Crippen LogP contribution in [-0.2, 0) is 0 Å². The van der Waals surface area contributed by atoms with E-state index >= 15 is 0 Å². The zero-order valence-corrected chi connectivity index (χ0v) is 7.01. The lowest BCUT2D eigenvalue weighted by Crippen LogP contribution is -2.41. The number of hydrogen-bond acceptors (Lipinski definition) is 2. The van der Waals surface area contributed by atoms with Crippen LogP contribution in [0, 0.1) is 0 Å². The number of rotatable bonds is 2. The summed E-state index contributed by atoms with van der Waals surface area (Å²) >= 11 is 0. The first-order chi connectivity index (χ1) is 4.75. The van der Waals surface area contributed by atoms with Crippen molar-refractivity contribution in [2.24, 2.45) is 5.73 Å². The highest BCUT2D eigenvalue weighted by atomic mass is 15.2. The third kappa shape index (κ3) is 1.50. The lowest BCUT2D eigenvalue weighted by molar-refractivity contribution is 0.242. The topological polar surface area (TPSA) is 29.3 Å². The van der Waals surface area contributed by atoms with Crippen LogP contribution in [-0.4, -0.2) is 30.1 Å². The minimum Gasteiger partial charge on any atom is -0.327 e. The summed E-state index contributed by atoms with van der Waals surface area (Å²) in [5.41, 5.74) is 5.82. The molecule has 60 valence electrons. The normalized spacial score (nSPS) is 30.9. The fraction of sp³-hybridized carbons (Fsp3) is 1.00. The average molecular weight is 142 g/mol. The molecule has 0 aromatic heterocycles. The predicted octanol–water partition coefficient (Wildman–Crippen LogP) is 0.818. The van der Waals surface area contributed by atoms with Crippen molar-refractivity contribution in [3.8, 4) is 0 Å². The van der Waals surface area contributed by atoms with Gasteiger partial charge in [0.2, 0.25) is 0 Å². The van der Waals surface area contributed by atoms with Crippen molar-refractivity contribution in [1.82, 2.24) is 4.90 Å². The molecule has 0 unspecified atom stereocenters. The molecule has 0 aromatic carbocycles. The largest absolute Gasteiger partial charge is 0.327 e. The minimum atomic E-state index is 0.349. The maximum absolute atomic E-state index is 5.82. The molecular formula is C8H18N2. The van der Waals surface area contributed by atoms with E-state index in [0.717, 1.165) is 6.54 Å². The summed E-state index contributed by atoms with van der Waals surface area (Å²) in [4.78, 5) is 2.48. The van der Waals surface area contributed by atoms with Crippen LogP contribution in [0.4, 0.5) is 0 Å². The number of hydrogen-bond donors (Lipinski definition) is 1. The third-order valence-corrected chi connectivity index (χ3v) is 2.43. The molecule has 0 aliphatic carbocycles. The van der Waals surface area contributed by atoms with Gasteiger partial charge < -0.3 is 5.73 Å². The molecule has 0 saturated carbocycles. The molecule has 0 amide bonds. The molecule has 2 N–H and O–H groups in total. The van der Waals surface area contributed by atoms with Gasteiger partial charge in [-0.2, -0.15) is 0 Å². The first-order valence-corrected chi connectivity index (χ1v) is 4.25. The molecular weight excluding hydrogens is 124 g/mol. The van der Waals surface area contributed by atoms with Gasteiger partial charge in [-0.1, -0.05) is 6.92 Å². The van der Waals surface area contributed by atoms with E-state index in [-0.39, 0.29) is 0 Å². The van der Waals surface area contributed by atoms with E-state index in [1.165, 1.54) is 19.4 Å². The Balaban J connectivity index is 2.42. The van der Waals surface area contributed by atoms with Gasteiger partial charge in [-0.05, 0) is 32.9 Å². The maximum Gasteiger partial charge on any atom is 0.0244 e. The van der Waals surface area contributed by atoms with Gasteiger partial charge in [0.05, 0.1) is 0 Å². The first-order valence-electron chi connectivity index (χ1n) is 4.25. The van der Waals surface area contributed by atoms with Crippen LogP contribution in [0.25, 0.3) is 0 Å². The second kappa shape index (κ2) is 3.35. The summed E-state index contributed by atoms with van der Waals surface area (Å²) in [5.74, 6) is 0. The van der Waals surface area contributed by atoms with Crippen LogP contribution in [0.1, 0.15) is 26.7 Å². The van der Waals surface area contributed by atoms with E-state index in [9.17, 15) is 0 Å². The fourth-order valence-electron chi connectivity index (χ4n) is 1.84. The van der Waals surface area contributed by atoms with Gasteiger partial charge in [-0.15, -0.1) is 0 Å². The molecule has 2 nitrogen and oxygen atoms in total. The van der Waals surface area contributed by atoms with Gasteiger partial charge in [-0.3, -0.25) is 4.90 Å². The van der Waals surface area contributed by atoms with Crippen LogP contribution in [0.15, 0.2) is 0 Å². The van der Waals surface area contributed by atoms with Crippen LogP contribution in [0.3, 0.4) is 0 Å². The van der Waals surface area contributed by atoms with E-state index in [1.54, 1.807) is 0 Å². The molecule has 0 radical (unpaired) electrons. The Morgan fingerprint density at radius 1 is 1.70 bits per heavy atom. The first kappa shape index (κ1) is 8.02. The molecule has 2 atom stereocenters. The monoisotopic (exact) mass is 142 g/mol. The number of likely N-dealkylation sites (tertiary alicyclic amines) is 1. The molecule has 1 heterocycles. The number of likely N-dealkylation sites (N-methyl/N-ethyl adjacent to an activating group) is 1. The Labute approximate surface area is 63.4 Å². The quantitative estimate of drug-likeness (QED) is 0.618. The Hall–Kier alpha value is -0.0800. The molecule has 1 rings (SSSR count). The van der Waals surface area contributed by atoms with Gasteiger partial charge in [0.15, 0.2) is 0 Å². The minimum absolute atomic E-state index is 0.349. The summed E-state index contributed by atoms with van der Waals surface area (Å²) < 4.78 is 0. The van der Waals surface area contributed by atoms with Crippen molar-refractivity contribution in [2.75, 3.05) is 13.1 Å². The van der Waals surface area contributed by atoms with Gasteiger partial charge in [0.25, 0.3) is 0 Å². The summed E-state index contributed by atoms with van der Waals surface area (Å²) in [6, 6.07) is 1.01. The van der Waals surface area contributed by atoms with Crippen molar-refractivity contribution in [1.29, 1.82) is 0 Å². The third-order valence-electron chi connectivity index (χ3n) is 2.43. The van der Waals surface area contributed by atoms with Crippen molar-refractivity contribution < 1.29 is 0 Å². The molecule has 0 spiro atoms. The van der Waals surface area contributed by atoms with Crippen molar-refractivity contribution >= 4 is 0 Å². The van der Waals surface area contributed by atoms with Crippen LogP contribution in [0.5, 0.6) is 0 Å². The highest BCUT2D eigenvalue weighted by Crippen LogP contribution is 2.18. The van der Waals surface area contributed by atoms with Crippen molar-refractivity contribution in [3.63, 3.8) is 0 Å². The molecule has 1 aliphatic rings. The van der Waals surface area contributed by atoms with E-state index < -0.39 is 0 Å². The zero-order valence-electron chi connectivity index (χ0n) is 7.01. The molecule has 1 fully saturated rings. The van der Waals surface area contributed by atoms with Crippen molar-refractivity contribution in [2.45, 2.75) is 38.8 Å². The van der Waals surface area contributed by atoms with Gasteiger partial charge in [0, 0.05) is 12.1 Å². The van der Waals surface area contributed by atoms with Gasteiger partial charge in [0.1, 0.15) is 0 Å². The molecule has 1 aliphatic heterocycles. The van der Waals surface area contributed by atoms with Crippen LogP contribution in [0.2, 0.25) is 0 Å². The van der Waals surface area contributed by atoms with Gasteiger partial charge >= 0.3 is 0 Å². The Morgan fingerprint density at radius 3 is 2.80 bits per heavy atom. The highest BCUT2D eigenvalue weighted by Gasteiger charge is 2.25. The Morgan fingerprint density at radius 2 is 2.40 bits per heavy atom. The number of nitrogens with two attached hydrogens (primary N) is 1. The molecule has 2 heteroatoms. The van der Waals surface area contributed by atoms with E-state index in [1.807, 2.05) is 0 Å². The van der Waals surface area contributed by atoms with E-state index in [0.29, 0.717) is 12.1 Å². The second-order valence-corrected chi connectivity index (χ2v) is 3.20. The van der Waals surface area contributed by atoms with Crippen LogP contribution >= 0.6 is 0 Å². The zero-order chi connectivity index (χ0) is 7.56. The summed E-state index contributed by atoms with van der Waals surface area (Å²) in [7, 11) is 0. The summed E-state index contributed by atoms with van der Waals surface area (Å²) in [5, 5.41) is 0. The Bertz CT molecular complexity index is 101. The molecule has 0 aromatic rings. The molecule has 1 saturated heterocycles. The predicted molar refractivity (Wildman–Crippen MR) is 43.9 cm³/mol. The fourth-order valence-corrected chi connectivity index (χ4v) is 1.84. The van der Waals surface area contributed by atoms with E-state index in [2.05, 4.69) is 18.7 Å². The van der Waals surface area contributed by atoms with E-state index in [4.69, 9.17) is 5.73 Å². The summed E-state index contributed by atoms with van der Waals surface area (Å²) in [6.07, 6.45) is 2.63. The maximum atomic E-state index is 5.82. The lowest BCUT2D eigenvalue weighted by atomic mass is 10.1. The van der Waals surface area contributed by atoms with Crippen LogP contribution < -0.4 is 5.73 Å². The Kier molecular flexibility index (Phi) is 2.69. The molecule has 10 heavy (non-hydrogen) atoms. The lowest BCUT2D eigenvalue weighted by Gasteiger charge is -2.25. The standard InChI is InChI=1S/C8H18N2/c1-3-10-6-4-5-8(10)7(2)9/h7-8H,3-6,9H2,1-2H3/t7-,8-/m0/s1. The second-order valence-electron chi connectivity index (χ2n) is 3.20.